The maximum absolute atomic E-state index is 9.74. The van der Waals surface area contributed by atoms with Gasteiger partial charge in [-0.1, -0.05) is 6.07 Å². The summed E-state index contributed by atoms with van der Waals surface area (Å²) in [5.41, 5.74) is 7.68. The molecule has 0 fully saturated rings. The predicted octanol–water partition coefficient (Wildman–Crippen LogP) is 1.39. The molecule has 74 valence electrons. The van der Waals surface area contributed by atoms with Gasteiger partial charge >= 0.3 is 0 Å². The molecule has 0 aliphatic carbocycles. The fourth-order valence-electron chi connectivity index (χ4n) is 1.86. The first-order valence-electron chi connectivity index (χ1n) is 4.70. The molecule has 2 rings (SSSR count). The molecule has 1 aromatic carbocycles. The molecule has 2 aromatic rings. The molecule has 3 N–H and O–H groups in total. The van der Waals surface area contributed by atoms with Crippen LogP contribution in [0.2, 0.25) is 0 Å². The van der Waals surface area contributed by atoms with Crippen LogP contribution in [0.4, 0.5) is 0 Å². The maximum Gasteiger partial charge on any atom is 0.125 e. The normalized spacial score (nSPS) is 11.0. The number of phenolic OH excluding ortho intramolecular Hbond substituents is 1. The Morgan fingerprint density at radius 3 is 2.93 bits per heavy atom. The molecule has 0 unspecified atom stereocenters. The third-order valence-corrected chi connectivity index (χ3v) is 2.48. The van der Waals surface area contributed by atoms with E-state index in [1.807, 2.05) is 29.9 Å². The van der Waals surface area contributed by atoms with Crippen LogP contribution in [0.15, 0.2) is 24.4 Å². The number of hydrogen-bond acceptors (Lipinski definition) is 2. The Hall–Kier alpha value is -1.48. The van der Waals surface area contributed by atoms with Gasteiger partial charge in [0.2, 0.25) is 0 Å². The van der Waals surface area contributed by atoms with Gasteiger partial charge in [-0.25, -0.2) is 0 Å². The van der Waals surface area contributed by atoms with E-state index in [1.54, 1.807) is 6.07 Å². The van der Waals surface area contributed by atoms with Gasteiger partial charge in [0, 0.05) is 18.6 Å². The van der Waals surface area contributed by atoms with Crippen molar-refractivity contribution < 1.29 is 5.11 Å². The first-order valence-corrected chi connectivity index (χ1v) is 4.70. The van der Waals surface area contributed by atoms with Gasteiger partial charge in [-0.2, -0.15) is 0 Å². The van der Waals surface area contributed by atoms with E-state index in [9.17, 15) is 5.11 Å². The number of nitrogens with zero attached hydrogens (tertiary/aromatic N) is 1. The lowest BCUT2D eigenvalue weighted by Gasteiger charge is -1.98. The Kier molecular flexibility index (Phi) is 2.17. The third kappa shape index (κ3) is 1.26. The zero-order chi connectivity index (χ0) is 10.1. The number of benzene rings is 1. The van der Waals surface area contributed by atoms with Gasteiger partial charge in [-0.05, 0) is 30.7 Å². The van der Waals surface area contributed by atoms with E-state index < -0.39 is 0 Å². The molecule has 1 aromatic heterocycles. The first-order chi connectivity index (χ1) is 6.74. The second kappa shape index (κ2) is 3.35. The summed E-state index contributed by atoms with van der Waals surface area (Å²) >= 11 is 0. The maximum atomic E-state index is 9.74. The molecular formula is C11H14N2O. The average molecular weight is 190 g/mol. The van der Waals surface area contributed by atoms with E-state index in [0.717, 1.165) is 22.9 Å². The number of rotatable bonds is 2. The summed E-state index contributed by atoms with van der Waals surface area (Å²) in [4.78, 5) is 0. The van der Waals surface area contributed by atoms with Crippen LogP contribution in [0.3, 0.4) is 0 Å². The lowest BCUT2D eigenvalue weighted by molar-refractivity contribution is 0.481. The van der Waals surface area contributed by atoms with Crippen LogP contribution in [-0.4, -0.2) is 16.2 Å². The molecule has 0 aliphatic rings. The summed E-state index contributed by atoms with van der Waals surface area (Å²) in [5.74, 6) is 0.339. The zero-order valence-electron chi connectivity index (χ0n) is 8.20. The minimum absolute atomic E-state index is 0.339. The smallest absolute Gasteiger partial charge is 0.125 e. The van der Waals surface area contributed by atoms with Crippen molar-refractivity contribution in [1.29, 1.82) is 0 Å². The molecule has 14 heavy (non-hydrogen) atoms. The summed E-state index contributed by atoms with van der Waals surface area (Å²) in [6.45, 7) is 0.605. The van der Waals surface area contributed by atoms with E-state index in [0.29, 0.717) is 12.3 Å². The standard InChI is InChI=1S/C11H14N2O/c1-13-7-8(5-6-12)11-9(13)3-2-4-10(11)14/h2-4,7,14H,5-6,12H2,1H3. The summed E-state index contributed by atoms with van der Waals surface area (Å²) < 4.78 is 2.01. The van der Waals surface area contributed by atoms with Crippen LogP contribution in [-0.2, 0) is 13.5 Å². The van der Waals surface area contributed by atoms with Gasteiger partial charge < -0.3 is 15.4 Å². The highest BCUT2D eigenvalue weighted by Crippen LogP contribution is 2.29. The summed E-state index contributed by atoms with van der Waals surface area (Å²) in [5, 5.41) is 10.7. The van der Waals surface area contributed by atoms with Gasteiger partial charge in [-0.3, -0.25) is 0 Å². The Labute approximate surface area is 82.8 Å². The monoisotopic (exact) mass is 190 g/mol. The van der Waals surface area contributed by atoms with Gasteiger partial charge in [0.15, 0.2) is 0 Å². The number of aromatic nitrogens is 1. The third-order valence-electron chi connectivity index (χ3n) is 2.48. The average Bonchev–Trinajstić information content (AvgIpc) is 2.46. The number of aryl methyl sites for hydroxylation is 1. The van der Waals surface area contributed by atoms with E-state index in [1.165, 1.54) is 0 Å². The van der Waals surface area contributed by atoms with E-state index in [-0.39, 0.29) is 0 Å². The number of hydrogen-bond donors (Lipinski definition) is 2. The van der Waals surface area contributed by atoms with Crippen LogP contribution >= 0.6 is 0 Å². The molecule has 0 atom stereocenters. The highest BCUT2D eigenvalue weighted by molar-refractivity contribution is 5.89. The van der Waals surface area contributed by atoms with Gasteiger partial charge in [0.25, 0.3) is 0 Å². The summed E-state index contributed by atoms with van der Waals surface area (Å²) in [7, 11) is 1.97. The predicted molar refractivity (Wildman–Crippen MR) is 57.3 cm³/mol. The molecule has 0 radical (unpaired) electrons. The van der Waals surface area contributed by atoms with Crippen molar-refractivity contribution in [3.05, 3.63) is 30.0 Å². The largest absolute Gasteiger partial charge is 0.507 e. The quantitative estimate of drug-likeness (QED) is 0.751. The van der Waals surface area contributed by atoms with Gasteiger partial charge in [0.05, 0.1) is 5.52 Å². The Bertz CT molecular complexity index is 460. The van der Waals surface area contributed by atoms with E-state index in [2.05, 4.69) is 0 Å². The fraction of sp³-hybridized carbons (Fsp3) is 0.273. The summed E-state index contributed by atoms with van der Waals surface area (Å²) in [6.07, 6.45) is 2.83. The minimum Gasteiger partial charge on any atom is -0.507 e. The van der Waals surface area contributed by atoms with Crippen LogP contribution < -0.4 is 5.73 Å². The highest BCUT2D eigenvalue weighted by Gasteiger charge is 2.08. The van der Waals surface area contributed by atoms with E-state index >= 15 is 0 Å². The van der Waals surface area contributed by atoms with Gasteiger partial charge in [0.1, 0.15) is 5.75 Å². The highest BCUT2D eigenvalue weighted by atomic mass is 16.3. The number of fused-ring (bicyclic) bond motifs is 1. The van der Waals surface area contributed by atoms with Crippen molar-refractivity contribution in [1.82, 2.24) is 4.57 Å². The second-order valence-corrected chi connectivity index (χ2v) is 3.48. The molecule has 0 bridgehead atoms. The Morgan fingerprint density at radius 2 is 2.21 bits per heavy atom. The van der Waals surface area contributed by atoms with Crippen LogP contribution in [0.25, 0.3) is 10.9 Å². The summed E-state index contributed by atoms with van der Waals surface area (Å²) in [6, 6.07) is 5.56. The lowest BCUT2D eigenvalue weighted by Crippen LogP contribution is -2.01. The molecule has 0 saturated heterocycles. The molecule has 0 spiro atoms. The van der Waals surface area contributed by atoms with Crippen LogP contribution in [0.5, 0.6) is 5.75 Å². The van der Waals surface area contributed by atoms with Crippen molar-refractivity contribution in [2.45, 2.75) is 6.42 Å². The fourth-order valence-corrected chi connectivity index (χ4v) is 1.86. The number of nitrogens with two attached hydrogens (primary N) is 1. The molecule has 0 amide bonds. The number of phenols is 1. The van der Waals surface area contributed by atoms with Crippen molar-refractivity contribution in [2.24, 2.45) is 12.8 Å². The lowest BCUT2D eigenvalue weighted by atomic mass is 10.1. The molecule has 3 nitrogen and oxygen atoms in total. The van der Waals surface area contributed by atoms with Gasteiger partial charge in [-0.15, -0.1) is 0 Å². The molecule has 0 saturated carbocycles. The first kappa shape index (κ1) is 9.09. The molecule has 1 heterocycles. The SMILES string of the molecule is Cn1cc(CCN)c2c(O)cccc21. The number of aromatic hydroxyl groups is 1. The van der Waals surface area contributed by atoms with E-state index in [4.69, 9.17) is 5.73 Å². The molecule has 0 aliphatic heterocycles. The van der Waals surface area contributed by atoms with Crippen molar-refractivity contribution in [3.8, 4) is 5.75 Å². The zero-order valence-corrected chi connectivity index (χ0v) is 8.20. The van der Waals surface area contributed by atoms with Crippen molar-refractivity contribution in [3.63, 3.8) is 0 Å². The Morgan fingerprint density at radius 1 is 1.43 bits per heavy atom. The molecule has 3 heteroatoms. The Balaban J connectivity index is 2.72. The van der Waals surface area contributed by atoms with Crippen LogP contribution in [0.1, 0.15) is 5.56 Å². The van der Waals surface area contributed by atoms with Crippen molar-refractivity contribution >= 4 is 10.9 Å². The van der Waals surface area contributed by atoms with Crippen molar-refractivity contribution in [2.75, 3.05) is 6.54 Å². The van der Waals surface area contributed by atoms with Crippen LogP contribution in [0, 0.1) is 0 Å². The minimum atomic E-state index is 0.339. The molecular weight excluding hydrogens is 176 g/mol. The topological polar surface area (TPSA) is 51.2 Å². The second-order valence-electron chi connectivity index (χ2n) is 3.48.